The first-order valence-corrected chi connectivity index (χ1v) is 4.88. The number of benzene rings is 1. The topological polar surface area (TPSA) is 38.9 Å². The van der Waals surface area contributed by atoms with Crippen LogP contribution in [0.4, 0.5) is 0 Å². The molecule has 0 radical (unpaired) electrons. The third-order valence-corrected chi connectivity index (χ3v) is 2.94. The molecule has 0 fully saturated rings. The maximum Gasteiger partial charge on any atom is 0.247 e. The van der Waals surface area contributed by atoms with E-state index in [1.54, 1.807) is 0 Å². The maximum absolute atomic E-state index is 5.09. The summed E-state index contributed by atoms with van der Waals surface area (Å²) in [5, 5.41) is 7.47. The lowest BCUT2D eigenvalue weighted by Crippen LogP contribution is -1.83. The summed E-state index contributed by atoms with van der Waals surface area (Å²) in [5.41, 5.74) is 2.22. The van der Waals surface area contributed by atoms with E-state index in [2.05, 4.69) is 39.7 Å². The molecule has 0 amide bonds. The van der Waals surface area contributed by atoms with Crippen LogP contribution in [0.25, 0.3) is 11.5 Å². The number of rotatable bonds is 1. The van der Waals surface area contributed by atoms with Gasteiger partial charge in [-0.3, -0.25) is 0 Å². The zero-order valence-corrected chi connectivity index (χ0v) is 9.15. The highest BCUT2D eigenvalue weighted by atomic mass is 127. The van der Waals surface area contributed by atoms with Gasteiger partial charge in [0.05, 0.1) is 0 Å². The van der Waals surface area contributed by atoms with E-state index in [0.29, 0.717) is 5.89 Å². The SMILES string of the molecule is Cc1ccc(-c2nnco2)cc1I. The Hall–Kier alpha value is -0.910. The molecule has 1 aromatic heterocycles. The van der Waals surface area contributed by atoms with Crippen molar-refractivity contribution in [2.75, 3.05) is 0 Å². The van der Waals surface area contributed by atoms with Crippen LogP contribution in [0.3, 0.4) is 0 Å². The summed E-state index contributed by atoms with van der Waals surface area (Å²) in [4.78, 5) is 0. The number of aromatic nitrogens is 2. The molecule has 0 saturated carbocycles. The summed E-state index contributed by atoms with van der Waals surface area (Å²) in [6, 6.07) is 6.05. The summed E-state index contributed by atoms with van der Waals surface area (Å²) in [6.45, 7) is 2.07. The lowest BCUT2D eigenvalue weighted by molar-refractivity contribution is 0.568. The third-order valence-electron chi connectivity index (χ3n) is 1.78. The van der Waals surface area contributed by atoms with Crippen molar-refractivity contribution in [3.8, 4) is 11.5 Å². The molecule has 4 heteroatoms. The molecule has 1 aromatic carbocycles. The molecule has 1 heterocycles. The number of halogens is 1. The van der Waals surface area contributed by atoms with Gasteiger partial charge in [0.1, 0.15) is 0 Å². The van der Waals surface area contributed by atoms with E-state index in [4.69, 9.17) is 4.42 Å². The molecule has 0 bridgehead atoms. The third kappa shape index (κ3) is 1.72. The average Bonchev–Trinajstić information content (AvgIpc) is 2.62. The molecule has 0 aliphatic rings. The van der Waals surface area contributed by atoms with Crippen molar-refractivity contribution in [3.63, 3.8) is 0 Å². The van der Waals surface area contributed by atoms with Gasteiger partial charge in [0.25, 0.3) is 0 Å². The number of aryl methyl sites for hydroxylation is 1. The standard InChI is InChI=1S/C9H7IN2O/c1-6-2-3-7(4-8(6)10)9-12-11-5-13-9/h2-5H,1H3. The Kier molecular flexibility index (Phi) is 2.30. The van der Waals surface area contributed by atoms with Crippen LogP contribution in [0.1, 0.15) is 5.56 Å². The minimum atomic E-state index is 0.568. The summed E-state index contributed by atoms with van der Waals surface area (Å²) in [6.07, 6.45) is 1.34. The molecule has 66 valence electrons. The fraction of sp³-hybridized carbons (Fsp3) is 0.111. The molecule has 0 aliphatic carbocycles. The Morgan fingerprint density at radius 1 is 1.38 bits per heavy atom. The van der Waals surface area contributed by atoms with Gasteiger partial charge >= 0.3 is 0 Å². The Labute approximate surface area is 89.3 Å². The van der Waals surface area contributed by atoms with Crippen molar-refractivity contribution in [2.24, 2.45) is 0 Å². The van der Waals surface area contributed by atoms with Gasteiger partial charge in [0, 0.05) is 9.13 Å². The fourth-order valence-corrected chi connectivity index (χ4v) is 1.54. The first-order chi connectivity index (χ1) is 6.27. The zero-order valence-electron chi connectivity index (χ0n) is 6.99. The van der Waals surface area contributed by atoms with E-state index in [0.717, 1.165) is 5.56 Å². The van der Waals surface area contributed by atoms with Crippen molar-refractivity contribution in [3.05, 3.63) is 33.7 Å². The summed E-state index contributed by atoms with van der Waals surface area (Å²) >= 11 is 2.29. The minimum Gasteiger partial charge on any atom is -0.423 e. The second kappa shape index (κ2) is 3.45. The first kappa shape index (κ1) is 8.68. The Bertz CT molecular complexity index is 412. The second-order valence-corrected chi connectivity index (χ2v) is 3.87. The molecule has 0 unspecified atom stereocenters. The molecule has 0 N–H and O–H groups in total. The van der Waals surface area contributed by atoms with Crippen LogP contribution in [0.2, 0.25) is 0 Å². The van der Waals surface area contributed by atoms with Crippen LogP contribution in [-0.2, 0) is 0 Å². The van der Waals surface area contributed by atoms with E-state index in [9.17, 15) is 0 Å². The normalized spacial score (nSPS) is 10.3. The van der Waals surface area contributed by atoms with Crippen LogP contribution in [0.15, 0.2) is 29.0 Å². The predicted octanol–water partition coefficient (Wildman–Crippen LogP) is 2.65. The van der Waals surface area contributed by atoms with Gasteiger partial charge in [-0.1, -0.05) is 6.07 Å². The lowest BCUT2D eigenvalue weighted by atomic mass is 10.1. The van der Waals surface area contributed by atoms with Gasteiger partial charge in [-0.25, -0.2) is 0 Å². The van der Waals surface area contributed by atoms with Gasteiger partial charge in [0.15, 0.2) is 0 Å². The predicted molar refractivity (Wildman–Crippen MR) is 57.2 cm³/mol. The summed E-state index contributed by atoms with van der Waals surface area (Å²) < 4.78 is 6.29. The molecule has 0 atom stereocenters. The van der Waals surface area contributed by atoms with Crippen LogP contribution < -0.4 is 0 Å². The minimum absolute atomic E-state index is 0.568. The second-order valence-electron chi connectivity index (χ2n) is 2.71. The molecule has 0 spiro atoms. The highest BCUT2D eigenvalue weighted by molar-refractivity contribution is 14.1. The van der Waals surface area contributed by atoms with Crippen molar-refractivity contribution in [2.45, 2.75) is 6.92 Å². The highest BCUT2D eigenvalue weighted by Gasteiger charge is 2.04. The van der Waals surface area contributed by atoms with Crippen LogP contribution in [0.5, 0.6) is 0 Å². The van der Waals surface area contributed by atoms with Crippen molar-refractivity contribution >= 4 is 22.6 Å². The largest absolute Gasteiger partial charge is 0.423 e. The Morgan fingerprint density at radius 2 is 2.23 bits per heavy atom. The molecule has 2 aromatic rings. The van der Waals surface area contributed by atoms with E-state index >= 15 is 0 Å². The van der Waals surface area contributed by atoms with Crippen LogP contribution in [-0.4, -0.2) is 10.2 Å². The first-order valence-electron chi connectivity index (χ1n) is 3.80. The quantitative estimate of drug-likeness (QED) is 0.756. The van der Waals surface area contributed by atoms with Gasteiger partial charge in [0.2, 0.25) is 12.3 Å². The zero-order chi connectivity index (χ0) is 9.26. The number of hydrogen-bond acceptors (Lipinski definition) is 3. The maximum atomic E-state index is 5.09. The van der Waals surface area contributed by atoms with Crippen LogP contribution in [0, 0.1) is 10.5 Å². The smallest absolute Gasteiger partial charge is 0.247 e. The highest BCUT2D eigenvalue weighted by Crippen LogP contribution is 2.20. The summed E-state index contributed by atoms with van der Waals surface area (Å²) in [5.74, 6) is 0.568. The molecule has 2 rings (SSSR count). The lowest BCUT2D eigenvalue weighted by Gasteiger charge is -1.98. The van der Waals surface area contributed by atoms with Crippen molar-refractivity contribution < 1.29 is 4.42 Å². The monoisotopic (exact) mass is 286 g/mol. The molecule has 13 heavy (non-hydrogen) atoms. The molecule has 0 aliphatic heterocycles. The van der Waals surface area contributed by atoms with Crippen LogP contribution >= 0.6 is 22.6 Å². The van der Waals surface area contributed by atoms with Gasteiger partial charge in [-0.15, -0.1) is 10.2 Å². The van der Waals surface area contributed by atoms with Gasteiger partial charge in [-0.2, -0.15) is 0 Å². The fourth-order valence-electron chi connectivity index (χ4n) is 1.02. The van der Waals surface area contributed by atoms with Gasteiger partial charge in [-0.05, 0) is 47.2 Å². The molecular weight excluding hydrogens is 279 g/mol. The van der Waals surface area contributed by atoms with Gasteiger partial charge < -0.3 is 4.42 Å². The number of nitrogens with zero attached hydrogens (tertiary/aromatic N) is 2. The molecule has 3 nitrogen and oxygen atoms in total. The van der Waals surface area contributed by atoms with E-state index in [1.165, 1.54) is 15.5 Å². The number of hydrogen-bond donors (Lipinski definition) is 0. The van der Waals surface area contributed by atoms with E-state index in [1.807, 2.05) is 18.2 Å². The van der Waals surface area contributed by atoms with Crippen molar-refractivity contribution in [1.29, 1.82) is 0 Å². The Balaban J connectivity index is 2.49. The summed E-state index contributed by atoms with van der Waals surface area (Å²) in [7, 11) is 0. The molecule has 0 saturated heterocycles. The average molecular weight is 286 g/mol. The Morgan fingerprint density at radius 3 is 2.85 bits per heavy atom. The van der Waals surface area contributed by atoms with E-state index < -0.39 is 0 Å². The molecular formula is C9H7IN2O. The van der Waals surface area contributed by atoms with Crippen molar-refractivity contribution in [1.82, 2.24) is 10.2 Å². The van der Waals surface area contributed by atoms with E-state index in [-0.39, 0.29) is 0 Å².